The second-order valence-electron chi connectivity index (χ2n) is 14.7. The molecule has 49 heavy (non-hydrogen) atoms. The van der Waals surface area contributed by atoms with E-state index in [1.807, 2.05) is 21.1 Å². The summed E-state index contributed by atoms with van der Waals surface area (Å²) < 4.78 is 34.2. The first-order valence-electron chi connectivity index (χ1n) is 19.9. The van der Waals surface area contributed by atoms with Gasteiger partial charge in [-0.15, -0.1) is 0 Å². The molecular weight excluding hydrogens is 641 g/mol. The molecule has 0 amide bonds. The number of hydrogen-bond acceptors (Lipinski definition) is 7. The van der Waals surface area contributed by atoms with E-state index in [0.717, 1.165) is 38.5 Å². The normalized spacial score (nSPS) is 13.8. The summed E-state index contributed by atoms with van der Waals surface area (Å²) in [6.07, 6.45) is 31.1. The molecule has 1 N–H and O–H groups in total. The zero-order chi connectivity index (χ0) is 36.5. The first-order chi connectivity index (χ1) is 23.5. The summed E-state index contributed by atoms with van der Waals surface area (Å²) in [4.78, 5) is 35.2. The van der Waals surface area contributed by atoms with Crippen molar-refractivity contribution in [2.24, 2.45) is 0 Å². The summed E-state index contributed by atoms with van der Waals surface area (Å²) in [5, 5.41) is 0. The van der Waals surface area contributed by atoms with Gasteiger partial charge in [-0.1, -0.05) is 142 Å². The van der Waals surface area contributed by atoms with E-state index in [9.17, 15) is 19.0 Å². The Morgan fingerprint density at radius 3 is 1.57 bits per heavy atom. The SMILES string of the molecule is CCCC/C=C/CCCCCCCCCCCC(=O)O[C@H](COC(=O)CCCCCCCCCCCC)COP(=O)(O)OCC[N+](C)(C)C. The molecule has 290 valence electrons. The van der Waals surface area contributed by atoms with Gasteiger partial charge in [0.1, 0.15) is 19.8 Å². The first kappa shape index (κ1) is 47.8. The third-order valence-electron chi connectivity index (χ3n) is 8.55. The van der Waals surface area contributed by atoms with Gasteiger partial charge in [0, 0.05) is 12.8 Å². The number of quaternary nitrogens is 1. The van der Waals surface area contributed by atoms with Crippen molar-refractivity contribution < 1.29 is 42.1 Å². The van der Waals surface area contributed by atoms with Gasteiger partial charge in [0.15, 0.2) is 6.10 Å². The van der Waals surface area contributed by atoms with Crippen LogP contribution in [0.3, 0.4) is 0 Å². The van der Waals surface area contributed by atoms with E-state index in [2.05, 4.69) is 26.0 Å². The molecule has 0 fully saturated rings. The fourth-order valence-corrected chi connectivity index (χ4v) is 6.09. The summed E-state index contributed by atoms with van der Waals surface area (Å²) in [7, 11) is 1.48. The number of unbranched alkanes of at least 4 members (excludes halogenated alkanes) is 20. The van der Waals surface area contributed by atoms with Gasteiger partial charge in [0.2, 0.25) is 0 Å². The Labute approximate surface area is 301 Å². The Balaban J connectivity index is 4.39. The van der Waals surface area contributed by atoms with Crippen molar-refractivity contribution >= 4 is 19.8 Å². The Hall–Kier alpha value is -1.25. The molecule has 0 aromatic carbocycles. The van der Waals surface area contributed by atoms with E-state index in [0.29, 0.717) is 23.9 Å². The van der Waals surface area contributed by atoms with E-state index in [1.165, 1.54) is 103 Å². The Bertz CT molecular complexity index is 860. The molecule has 9 nitrogen and oxygen atoms in total. The van der Waals surface area contributed by atoms with Crippen LogP contribution in [0.5, 0.6) is 0 Å². The predicted molar refractivity (Wildman–Crippen MR) is 201 cm³/mol. The Kier molecular flexibility index (Phi) is 31.8. The maximum absolute atomic E-state index is 12.6. The van der Waals surface area contributed by atoms with Gasteiger partial charge < -0.3 is 18.9 Å². The minimum Gasteiger partial charge on any atom is -0.462 e. The van der Waals surface area contributed by atoms with Crippen molar-refractivity contribution in [2.75, 3.05) is 47.5 Å². The van der Waals surface area contributed by atoms with E-state index in [-0.39, 0.29) is 25.6 Å². The van der Waals surface area contributed by atoms with Crippen molar-refractivity contribution in [3.05, 3.63) is 12.2 Å². The van der Waals surface area contributed by atoms with Crippen LogP contribution in [0, 0.1) is 0 Å². The van der Waals surface area contributed by atoms with Crippen LogP contribution in [0.25, 0.3) is 0 Å². The van der Waals surface area contributed by atoms with Crippen LogP contribution in [0.15, 0.2) is 12.2 Å². The highest BCUT2D eigenvalue weighted by Crippen LogP contribution is 2.43. The molecule has 2 atom stereocenters. The lowest BCUT2D eigenvalue weighted by Crippen LogP contribution is -2.37. The van der Waals surface area contributed by atoms with Crippen molar-refractivity contribution in [2.45, 2.75) is 180 Å². The fraction of sp³-hybridized carbons (Fsp3) is 0.897. The highest BCUT2D eigenvalue weighted by Gasteiger charge is 2.27. The van der Waals surface area contributed by atoms with Crippen LogP contribution in [0.4, 0.5) is 0 Å². The molecule has 0 spiro atoms. The summed E-state index contributed by atoms with van der Waals surface area (Å²) in [5.74, 6) is -0.798. The summed E-state index contributed by atoms with van der Waals surface area (Å²) in [5.41, 5.74) is 0. The molecule has 0 heterocycles. The smallest absolute Gasteiger partial charge is 0.462 e. The van der Waals surface area contributed by atoms with Crippen LogP contribution in [0.2, 0.25) is 0 Å². The van der Waals surface area contributed by atoms with E-state index >= 15 is 0 Å². The largest absolute Gasteiger partial charge is 0.472 e. The molecule has 0 radical (unpaired) electrons. The number of allylic oxidation sites excluding steroid dienone is 2. The minimum absolute atomic E-state index is 0.0341. The lowest BCUT2D eigenvalue weighted by atomic mass is 10.1. The molecular formula is C39H77NO8P+. The van der Waals surface area contributed by atoms with Gasteiger partial charge in [-0.3, -0.25) is 18.6 Å². The molecule has 0 aliphatic carbocycles. The number of hydrogen-bond donors (Lipinski definition) is 1. The number of phosphoric ester groups is 1. The van der Waals surface area contributed by atoms with Crippen molar-refractivity contribution in [3.8, 4) is 0 Å². The molecule has 0 bridgehead atoms. The van der Waals surface area contributed by atoms with Crippen LogP contribution >= 0.6 is 7.82 Å². The van der Waals surface area contributed by atoms with Crippen molar-refractivity contribution in [1.29, 1.82) is 0 Å². The van der Waals surface area contributed by atoms with Gasteiger partial charge >= 0.3 is 19.8 Å². The molecule has 0 saturated heterocycles. The highest BCUT2D eigenvalue weighted by molar-refractivity contribution is 7.47. The van der Waals surface area contributed by atoms with Crippen molar-refractivity contribution in [1.82, 2.24) is 0 Å². The Morgan fingerprint density at radius 1 is 0.612 bits per heavy atom. The summed E-state index contributed by atoms with van der Waals surface area (Å²) in [6, 6.07) is 0. The van der Waals surface area contributed by atoms with Crippen LogP contribution in [-0.4, -0.2) is 74.9 Å². The molecule has 1 unspecified atom stereocenters. The highest BCUT2D eigenvalue weighted by atomic mass is 31.2. The van der Waals surface area contributed by atoms with Gasteiger partial charge in [0.25, 0.3) is 0 Å². The molecule has 0 saturated carbocycles. The lowest BCUT2D eigenvalue weighted by molar-refractivity contribution is -0.870. The van der Waals surface area contributed by atoms with Gasteiger partial charge in [-0.25, -0.2) is 4.57 Å². The van der Waals surface area contributed by atoms with Gasteiger partial charge in [-0.2, -0.15) is 0 Å². The number of likely N-dealkylation sites (N-methyl/N-ethyl adjacent to an activating group) is 1. The number of nitrogens with zero attached hydrogens (tertiary/aromatic N) is 1. The number of rotatable bonds is 36. The number of phosphoric acid groups is 1. The standard InChI is InChI=1S/C39H76NO8P/c1-6-8-10-12-14-16-18-19-20-21-22-24-26-28-30-32-39(42)48-37(36-47-49(43,44)46-34-33-40(3,4)5)35-45-38(41)31-29-27-25-23-17-15-13-11-9-7-2/h12,14,37H,6-11,13,15-36H2,1-5H3/p+1/b14-12+/t37-/m1/s1. The average Bonchev–Trinajstić information content (AvgIpc) is 3.04. The third-order valence-corrected chi connectivity index (χ3v) is 9.53. The number of carbonyl (C=O) groups is 2. The zero-order valence-corrected chi connectivity index (χ0v) is 33.3. The topological polar surface area (TPSA) is 108 Å². The lowest BCUT2D eigenvalue weighted by Gasteiger charge is -2.24. The second kappa shape index (κ2) is 32.6. The molecule has 0 aliphatic rings. The van der Waals surface area contributed by atoms with Crippen LogP contribution in [-0.2, 0) is 32.7 Å². The Morgan fingerprint density at radius 2 is 1.06 bits per heavy atom. The maximum atomic E-state index is 12.6. The third kappa shape index (κ3) is 36.3. The zero-order valence-electron chi connectivity index (χ0n) is 32.4. The minimum atomic E-state index is -4.36. The van der Waals surface area contributed by atoms with E-state index in [4.69, 9.17) is 18.5 Å². The van der Waals surface area contributed by atoms with Crippen molar-refractivity contribution in [3.63, 3.8) is 0 Å². The number of esters is 2. The van der Waals surface area contributed by atoms with Crippen LogP contribution in [0.1, 0.15) is 174 Å². The average molecular weight is 719 g/mol. The van der Waals surface area contributed by atoms with Crippen LogP contribution < -0.4 is 0 Å². The van der Waals surface area contributed by atoms with Gasteiger partial charge in [-0.05, 0) is 32.1 Å². The quantitative estimate of drug-likeness (QED) is 0.0224. The maximum Gasteiger partial charge on any atom is 0.472 e. The number of ether oxygens (including phenoxy) is 2. The molecule has 0 aliphatic heterocycles. The fourth-order valence-electron chi connectivity index (χ4n) is 5.35. The van der Waals surface area contributed by atoms with Gasteiger partial charge in [0.05, 0.1) is 27.7 Å². The number of carbonyl (C=O) groups excluding carboxylic acids is 2. The molecule has 0 aromatic heterocycles. The van der Waals surface area contributed by atoms with E-state index in [1.54, 1.807) is 0 Å². The second-order valence-corrected chi connectivity index (χ2v) is 16.1. The predicted octanol–water partition coefficient (Wildman–Crippen LogP) is 10.6. The molecule has 0 aromatic rings. The van der Waals surface area contributed by atoms with E-state index < -0.39 is 26.5 Å². The molecule has 0 rings (SSSR count). The molecule has 10 heteroatoms. The first-order valence-corrected chi connectivity index (χ1v) is 21.4. The summed E-state index contributed by atoms with van der Waals surface area (Å²) >= 11 is 0. The monoisotopic (exact) mass is 719 g/mol. The summed E-state index contributed by atoms with van der Waals surface area (Å²) in [6.45, 7) is 4.38.